The van der Waals surface area contributed by atoms with E-state index in [0.717, 1.165) is 103 Å². The smallest absolute Gasteiger partial charge is 0.306 e. The van der Waals surface area contributed by atoms with Gasteiger partial charge in [0.2, 0.25) is 0 Å². The molecule has 60 heavy (non-hydrogen) atoms. The molecule has 0 fully saturated rings. The first kappa shape index (κ1) is 56.3. The van der Waals surface area contributed by atoms with E-state index in [2.05, 4.69) is 81.5 Å². The molecule has 0 spiro atoms. The molecule has 0 aliphatic rings. The van der Waals surface area contributed by atoms with Gasteiger partial charge in [-0.1, -0.05) is 201 Å². The molecule has 0 heterocycles. The summed E-state index contributed by atoms with van der Waals surface area (Å²) in [6, 6.07) is 0. The van der Waals surface area contributed by atoms with Crippen LogP contribution in [0, 0.1) is 0 Å². The Labute approximate surface area is 368 Å². The standard InChI is InChI=1S/C54H88O6/c1-4-7-10-13-16-19-22-24-25-26-27-28-30-32-35-38-41-44-47-53(56)59-50-51(49-58-52(55)46-43-40-37-34-31-21-18-15-12-9-6-3)60-54(57)48-45-42-39-36-33-29-23-20-17-14-11-8-5-2/h8,11,14-15,17-18,20,22-29,33,51H,4-7,9-10,12-13,16,19,21,30-32,34-50H2,1-3H3/b11-8-,17-14-,18-15-,23-20-,24-22-,26-25-,28-27-,33-29-. The summed E-state index contributed by atoms with van der Waals surface area (Å²) in [5.74, 6) is -0.983. The fourth-order valence-electron chi connectivity index (χ4n) is 6.26. The van der Waals surface area contributed by atoms with Gasteiger partial charge in [0.25, 0.3) is 0 Å². The molecule has 0 amide bonds. The van der Waals surface area contributed by atoms with E-state index in [4.69, 9.17) is 14.2 Å². The zero-order valence-corrected chi connectivity index (χ0v) is 38.7. The molecule has 0 aromatic rings. The molecule has 0 aliphatic carbocycles. The molecule has 0 aromatic heterocycles. The molecule has 0 aliphatic heterocycles. The molecular weight excluding hydrogens is 745 g/mol. The van der Waals surface area contributed by atoms with Crippen LogP contribution in [0.3, 0.4) is 0 Å². The van der Waals surface area contributed by atoms with Gasteiger partial charge >= 0.3 is 17.9 Å². The average molecular weight is 833 g/mol. The van der Waals surface area contributed by atoms with Gasteiger partial charge in [0.1, 0.15) is 13.2 Å². The topological polar surface area (TPSA) is 78.9 Å². The average Bonchev–Trinajstić information content (AvgIpc) is 3.24. The van der Waals surface area contributed by atoms with Crippen LogP contribution in [0.5, 0.6) is 0 Å². The van der Waals surface area contributed by atoms with Crippen molar-refractivity contribution in [1.82, 2.24) is 0 Å². The highest BCUT2D eigenvalue weighted by Gasteiger charge is 2.19. The Kier molecular flexibility index (Phi) is 45.1. The van der Waals surface area contributed by atoms with Crippen LogP contribution in [-0.2, 0) is 28.6 Å². The monoisotopic (exact) mass is 833 g/mol. The van der Waals surface area contributed by atoms with E-state index in [1.165, 1.54) is 57.8 Å². The zero-order chi connectivity index (χ0) is 43.7. The fraction of sp³-hybridized carbons (Fsp3) is 0.648. The zero-order valence-electron chi connectivity index (χ0n) is 38.7. The van der Waals surface area contributed by atoms with E-state index >= 15 is 0 Å². The lowest BCUT2D eigenvalue weighted by Crippen LogP contribution is -2.30. The summed E-state index contributed by atoms with van der Waals surface area (Å²) in [7, 11) is 0. The van der Waals surface area contributed by atoms with E-state index < -0.39 is 6.10 Å². The molecule has 6 nitrogen and oxygen atoms in total. The van der Waals surface area contributed by atoms with Crippen LogP contribution in [0.25, 0.3) is 0 Å². The summed E-state index contributed by atoms with van der Waals surface area (Å²) in [6.45, 7) is 6.36. The predicted octanol–water partition coefficient (Wildman–Crippen LogP) is 15.8. The molecule has 0 saturated carbocycles. The maximum Gasteiger partial charge on any atom is 0.306 e. The van der Waals surface area contributed by atoms with Crippen LogP contribution >= 0.6 is 0 Å². The van der Waals surface area contributed by atoms with Crippen LogP contribution in [0.15, 0.2) is 97.2 Å². The van der Waals surface area contributed by atoms with Crippen LogP contribution in [0.4, 0.5) is 0 Å². The number of ether oxygens (including phenoxy) is 3. The quantitative estimate of drug-likeness (QED) is 0.0200. The van der Waals surface area contributed by atoms with Gasteiger partial charge in [0.05, 0.1) is 0 Å². The summed E-state index contributed by atoms with van der Waals surface area (Å²) < 4.78 is 16.7. The summed E-state index contributed by atoms with van der Waals surface area (Å²) in [5.41, 5.74) is 0. The van der Waals surface area contributed by atoms with Gasteiger partial charge in [-0.2, -0.15) is 0 Å². The van der Waals surface area contributed by atoms with E-state index in [1.54, 1.807) is 0 Å². The van der Waals surface area contributed by atoms with Crippen LogP contribution in [0.1, 0.15) is 207 Å². The van der Waals surface area contributed by atoms with Gasteiger partial charge in [-0.15, -0.1) is 0 Å². The number of hydrogen-bond acceptors (Lipinski definition) is 6. The third-order valence-corrected chi connectivity index (χ3v) is 9.95. The highest BCUT2D eigenvalue weighted by molar-refractivity contribution is 5.71. The van der Waals surface area contributed by atoms with Crippen LogP contribution in [0.2, 0.25) is 0 Å². The number of carbonyl (C=O) groups excluding carboxylic acids is 3. The largest absolute Gasteiger partial charge is 0.462 e. The van der Waals surface area contributed by atoms with Crippen molar-refractivity contribution in [1.29, 1.82) is 0 Å². The van der Waals surface area contributed by atoms with E-state index in [9.17, 15) is 14.4 Å². The predicted molar refractivity (Wildman–Crippen MR) is 256 cm³/mol. The van der Waals surface area contributed by atoms with Crippen molar-refractivity contribution < 1.29 is 28.6 Å². The van der Waals surface area contributed by atoms with Gasteiger partial charge < -0.3 is 14.2 Å². The normalized spacial score (nSPS) is 12.9. The molecular formula is C54H88O6. The lowest BCUT2D eigenvalue weighted by molar-refractivity contribution is -0.167. The van der Waals surface area contributed by atoms with Crippen LogP contribution < -0.4 is 0 Å². The number of unbranched alkanes of at least 4 members (excludes halogenated alkanes) is 20. The van der Waals surface area contributed by atoms with Gasteiger partial charge in [0.15, 0.2) is 6.10 Å². The highest BCUT2D eigenvalue weighted by atomic mass is 16.6. The first-order chi connectivity index (χ1) is 29.5. The maximum atomic E-state index is 12.7. The van der Waals surface area contributed by atoms with Crippen molar-refractivity contribution in [2.45, 2.75) is 213 Å². The Morgan fingerprint density at radius 2 is 0.683 bits per heavy atom. The molecule has 0 radical (unpaired) electrons. The summed E-state index contributed by atoms with van der Waals surface area (Å²) >= 11 is 0. The molecule has 1 unspecified atom stereocenters. The fourth-order valence-corrected chi connectivity index (χ4v) is 6.26. The number of carbonyl (C=O) groups is 3. The van der Waals surface area contributed by atoms with Gasteiger partial charge in [0, 0.05) is 19.3 Å². The van der Waals surface area contributed by atoms with Crippen molar-refractivity contribution in [2.24, 2.45) is 0 Å². The Balaban J connectivity index is 4.48. The molecule has 1 atom stereocenters. The molecule has 0 saturated heterocycles. The second-order valence-electron chi connectivity index (χ2n) is 15.8. The SMILES string of the molecule is CC\C=C/C=C\C=C/C=C\CCCCCC(=O)OC(COC(=O)CCCCCCC\C=C/C=C\C=C/CCCCCCC)COC(=O)CCCCCCC/C=C\CCCC. The Morgan fingerprint density at radius 1 is 0.350 bits per heavy atom. The number of allylic oxidation sites excluding steroid dienone is 16. The summed E-state index contributed by atoms with van der Waals surface area (Å²) in [6.07, 6.45) is 62.4. The molecule has 0 bridgehead atoms. The van der Waals surface area contributed by atoms with Gasteiger partial charge in [-0.3, -0.25) is 14.4 Å². The molecule has 0 aromatic carbocycles. The van der Waals surface area contributed by atoms with Crippen molar-refractivity contribution in [3.05, 3.63) is 97.2 Å². The Morgan fingerprint density at radius 3 is 1.13 bits per heavy atom. The molecule has 0 rings (SSSR count). The molecule has 6 heteroatoms. The summed E-state index contributed by atoms with van der Waals surface area (Å²) in [4.78, 5) is 37.8. The van der Waals surface area contributed by atoms with Crippen molar-refractivity contribution >= 4 is 17.9 Å². The number of rotatable bonds is 42. The van der Waals surface area contributed by atoms with Crippen molar-refractivity contribution in [3.63, 3.8) is 0 Å². The van der Waals surface area contributed by atoms with Gasteiger partial charge in [-0.05, 0) is 83.5 Å². The minimum Gasteiger partial charge on any atom is -0.462 e. The van der Waals surface area contributed by atoms with E-state index in [1.807, 2.05) is 36.5 Å². The third kappa shape index (κ3) is 45.4. The second-order valence-corrected chi connectivity index (χ2v) is 15.8. The minimum atomic E-state index is -0.809. The Hall–Kier alpha value is -3.67. The van der Waals surface area contributed by atoms with Crippen molar-refractivity contribution in [2.75, 3.05) is 13.2 Å². The lowest BCUT2D eigenvalue weighted by atomic mass is 10.1. The number of esters is 3. The van der Waals surface area contributed by atoms with Crippen LogP contribution in [-0.4, -0.2) is 37.2 Å². The first-order valence-corrected chi connectivity index (χ1v) is 24.3. The first-order valence-electron chi connectivity index (χ1n) is 24.3. The minimum absolute atomic E-state index is 0.106. The number of hydrogen-bond donors (Lipinski definition) is 0. The third-order valence-electron chi connectivity index (χ3n) is 9.95. The second kappa shape index (κ2) is 48.0. The maximum absolute atomic E-state index is 12.7. The molecule has 0 N–H and O–H groups in total. The lowest BCUT2D eigenvalue weighted by Gasteiger charge is -2.18. The van der Waals surface area contributed by atoms with E-state index in [-0.39, 0.29) is 37.5 Å². The summed E-state index contributed by atoms with van der Waals surface area (Å²) in [5, 5.41) is 0. The van der Waals surface area contributed by atoms with Crippen molar-refractivity contribution in [3.8, 4) is 0 Å². The van der Waals surface area contributed by atoms with E-state index in [0.29, 0.717) is 19.3 Å². The van der Waals surface area contributed by atoms with Gasteiger partial charge in [-0.25, -0.2) is 0 Å². The molecule has 340 valence electrons. The Bertz CT molecular complexity index is 1230. The highest BCUT2D eigenvalue weighted by Crippen LogP contribution is 2.12.